The zero-order valence-corrected chi connectivity index (χ0v) is 18.3. The van der Waals surface area contributed by atoms with Crippen molar-refractivity contribution in [2.24, 2.45) is 0 Å². The molecule has 0 saturated heterocycles. The molecule has 0 saturated carbocycles. The van der Waals surface area contributed by atoms with Crippen molar-refractivity contribution in [3.8, 4) is 0 Å². The van der Waals surface area contributed by atoms with Gasteiger partial charge in [0.1, 0.15) is 18.0 Å². The van der Waals surface area contributed by atoms with E-state index in [1.54, 1.807) is 24.4 Å². The molecule has 0 radical (unpaired) electrons. The molecule has 2 heterocycles. The molecule has 162 valence electrons. The number of carbonyl (C=O) groups excluding carboxylic acids is 1. The molecule has 5 aromatic rings. The van der Waals surface area contributed by atoms with Gasteiger partial charge >= 0.3 is 0 Å². The highest BCUT2D eigenvalue weighted by atomic mass is 16.1. The van der Waals surface area contributed by atoms with E-state index in [1.165, 1.54) is 11.9 Å². The van der Waals surface area contributed by atoms with Crippen LogP contribution in [0.2, 0.25) is 0 Å². The molecule has 4 N–H and O–H groups in total. The number of aryl methyl sites for hydroxylation is 2. The fourth-order valence-electron chi connectivity index (χ4n) is 3.87. The summed E-state index contributed by atoms with van der Waals surface area (Å²) in [7, 11) is 0. The number of pyridine rings is 1. The second-order valence-electron chi connectivity index (χ2n) is 7.92. The highest BCUT2D eigenvalue weighted by molar-refractivity contribution is 6.16. The van der Waals surface area contributed by atoms with Crippen LogP contribution < -0.4 is 16.4 Å². The van der Waals surface area contributed by atoms with Gasteiger partial charge in [-0.25, -0.2) is 15.0 Å². The second kappa shape index (κ2) is 8.20. The summed E-state index contributed by atoms with van der Waals surface area (Å²) in [5, 5.41) is 8.91. The number of aromatic nitrogens is 3. The molecular weight excluding hydrogens is 412 g/mol. The Morgan fingerprint density at radius 2 is 1.67 bits per heavy atom. The largest absolute Gasteiger partial charge is 0.383 e. The minimum Gasteiger partial charge on any atom is -0.383 e. The van der Waals surface area contributed by atoms with Crippen LogP contribution in [0.25, 0.3) is 21.7 Å². The summed E-state index contributed by atoms with van der Waals surface area (Å²) in [5.41, 5.74) is 10.7. The number of nitrogens with one attached hydrogen (secondary N) is 2. The standard InChI is InChI=1S/C26H22N6O/c1-15-6-9-17(10-7-15)31-25-19-11-8-16(2)22(18(19)12-13-28-25)32-26(33)21-5-3-4-20-23(21)29-14-30-24(20)27/h3-14H,1-2H3,(H,28,31)(H,32,33)(H2,27,29,30). The molecule has 0 spiro atoms. The summed E-state index contributed by atoms with van der Waals surface area (Å²) in [5.74, 6) is 0.797. The van der Waals surface area contributed by atoms with Crippen LogP contribution in [0.3, 0.4) is 0 Å². The molecule has 1 amide bonds. The molecule has 0 unspecified atom stereocenters. The first-order valence-corrected chi connectivity index (χ1v) is 10.5. The molecule has 0 aliphatic rings. The Bertz CT molecular complexity index is 1510. The fraction of sp³-hybridized carbons (Fsp3) is 0.0769. The van der Waals surface area contributed by atoms with Gasteiger partial charge in [-0.05, 0) is 49.7 Å². The Morgan fingerprint density at radius 3 is 2.48 bits per heavy atom. The first-order chi connectivity index (χ1) is 16.0. The minimum absolute atomic E-state index is 0.265. The molecule has 33 heavy (non-hydrogen) atoms. The van der Waals surface area contributed by atoms with E-state index in [9.17, 15) is 4.79 Å². The van der Waals surface area contributed by atoms with Crippen LogP contribution in [0.4, 0.5) is 23.0 Å². The lowest BCUT2D eigenvalue weighted by atomic mass is 10.0. The zero-order chi connectivity index (χ0) is 22.9. The molecule has 2 aromatic heterocycles. The van der Waals surface area contributed by atoms with Crippen LogP contribution >= 0.6 is 0 Å². The van der Waals surface area contributed by atoms with E-state index < -0.39 is 0 Å². The third-order valence-electron chi connectivity index (χ3n) is 5.65. The van der Waals surface area contributed by atoms with Crippen LogP contribution in [-0.4, -0.2) is 20.9 Å². The summed E-state index contributed by atoms with van der Waals surface area (Å²) in [6.07, 6.45) is 3.10. The van der Waals surface area contributed by atoms with E-state index in [0.29, 0.717) is 22.3 Å². The number of nitrogen functional groups attached to an aromatic ring is 1. The number of amides is 1. The number of benzene rings is 3. The molecule has 0 bridgehead atoms. The number of hydrogen-bond acceptors (Lipinski definition) is 6. The van der Waals surface area contributed by atoms with Crippen molar-refractivity contribution < 1.29 is 4.79 Å². The molecule has 7 heteroatoms. The van der Waals surface area contributed by atoms with E-state index in [4.69, 9.17) is 5.73 Å². The molecule has 3 aromatic carbocycles. The average molecular weight is 435 g/mol. The highest BCUT2D eigenvalue weighted by Crippen LogP contribution is 2.33. The van der Waals surface area contributed by atoms with Crippen molar-refractivity contribution >= 4 is 50.6 Å². The van der Waals surface area contributed by atoms with Gasteiger partial charge in [0.2, 0.25) is 0 Å². The van der Waals surface area contributed by atoms with Gasteiger partial charge in [-0.3, -0.25) is 4.79 Å². The van der Waals surface area contributed by atoms with Crippen LogP contribution in [-0.2, 0) is 0 Å². The predicted octanol–water partition coefficient (Wildman–Crippen LogP) is 5.37. The molecule has 5 rings (SSSR count). The maximum Gasteiger partial charge on any atom is 0.257 e. The lowest BCUT2D eigenvalue weighted by Gasteiger charge is -2.15. The number of nitrogens with two attached hydrogens (primary N) is 1. The van der Waals surface area contributed by atoms with Gasteiger partial charge in [0.25, 0.3) is 5.91 Å². The highest BCUT2D eigenvalue weighted by Gasteiger charge is 2.16. The number of fused-ring (bicyclic) bond motifs is 2. The molecule has 0 atom stereocenters. The van der Waals surface area contributed by atoms with Gasteiger partial charge in [0.15, 0.2) is 0 Å². The van der Waals surface area contributed by atoms with E-state index in [1.807, 2.05) is 56.3 Å². The minimum atomic E-state index is -0.265. The van der Waals surface area contributed by atoms with Crippen molar-refractivity contribution in [1.29, 1.82) is 0 Å². The summed E-state index contributed by atoms with van der Waals surface area (Å²) in [4.78, 5) is 26.1. The van der Waals surface area contributed by atoms with E-state index in [0.717, 1.165) is 33.5 Å². The van der Waals surface area contributed by atoms with E-state index in [-0.39, 0.29) is 5.91 Å². The van der Waals surface area contributed by atoms with Gasteiger partial charge in [0.05, 0.1) is 16.8 Å². The quantitative estimate of drug-likeness (QED) is 0.351. The van der Waals surface area contributed by atoms with Gasteiger partial charge in [-0.15, -0.1) is 0 Å². The van der Waals surface area contributed by atoms with Crippen LogP contribution in [0.5, 0.6) is 0 Å². The Labute approximate surface area is 190 Å². The average Bonchev–Trinajstić information content (AvgIpc) is 2.82. The second-order valence-corrected chi connectivity index (χ2v) is 7.92. The molecule has 7 nitrogen and oxygen atoms in total. The summed E-state index contributed by atoms with van der Waals surface area (Å²) < 4.78 is 0. The third kappa shape index (κ3) is 3.80. The topological polar surface area (TPSA) is 106 Å². The zero-order valence-electron chi connectivity index (χ0n) is 18.3. The first kappa shape index (κ1) is 20.4. The van der Waals surface area contributed by atoms with E-state index in [2.05, 4.69) is 25.6 Å². The fourth-order valence-corrected chi connectivity index (χ4v) is 3.87. The maximum absolute atomic E-state index is 13.3. The van der Waals surface area contributed by atoms with Crippen LogP contribution in [0.15, 0.2) is 73.2 Å². The van der Waals surface area contributed by atoms with Gasteiger partial charge < -0.3 is 16.4 Å². The molecule has 0 fully saturated rings. The van der Waals surface area contributed by atoms with Crippen molar-refractivity contribution in [3.05, 3.63) is 89.9 Å². The SMILES string of the molecule is Cc1ccc(Nc2nccc3c(NC(=O)c4cccc5c(N)ncnc45)c(C)ccc23)cc1. The van der Waals surface area contributed by atoms with Gasteiger partial charge in [-0.2, -0.15) is 0 Å². The lowest BCUT2D eigenvalue weighted by molar-refractivity contribution is 0.102. The van der Waals surface area contributed by atoms with Gasteiger partial charge in [0, 0.05) is 28.0 Å². The monoisotopic (exact) mass is 434 g/mol. The Balaban J connectivity index is 1.55. The number of hydrogen-bond donors (Lipinski definition) is 3. The number of para-hydroxylation sites is 1. The normalized spacial score (nSPS) is 11.0. The van der Waals surface area contributed by atoms with Crippen LogP contribution in [0, 0.1) is 13.8 Å². The number of carbonyl (C=O) groups is 1. The maximum atomic E-state index is 13.3. The third-order valence-corrected chi connectivity index (χ3v) is 5.65. The number of rotatable bonds is 4. The Morgan fingerprint density at radius 1 is 0.848 bits per heavy atom. The summed E-state index contributed by atoms with van der Waals surface area (Å²) in [6.45, 7) is 4.01. The van der Waals surface area contributed by atoms with Crippen molar-refractivity contribution in [2.75, 3.05) is 16.4 Å². The van der Waals surface area contributed by atoms with E-state index >= 15 is 0 Å². The Hall–Kier alpha value is -4.52. The first-order valence-electron chi connectivity index (χ1n) is 10.5. The number of anilines is 4. The summed E-state index contributed by atoms with van der Waals surface area (Å²) >= 11 is 0. The molecule has 0 aliphatic heterocycles. The summed E-state index contributed by atoms with van der Waals surface area (Å²) in [6, 6.07) is 19.3. The van der Waals surface area contributed by atoms with Crippen LogP contribution in [0.1, 0.15) is 21.5 Å². The molecule has 0 aliphatic carbocycles. The lowest BCUT2D eigenvalue weighted by Crippen LogP contribution is -2.14. The number of nitrogens with zero attached hydrogens (tertiary/aromatic N) is 3. The van der Waals surface area contributed by atoms with Gasteiger partial charge in [-0.1, -0.05) is 35.9 Å². The predicted molar refractivity (Wildman–Crippen MR) is 133 cm³/mol. The Kier molecular flexibility index (Phi) is 5.06. The van der Waals surface area contributed by atoms with Crippen molar-refractivity contribution in [3.63, 3.8) is 0 Å². The molecular formula is C26H22N6O. The van der Waals surface area contributed by atoms with Crippen molar-refractivity contribution in [2.45, 2.75) is 13.8 Å². The smallest absolute Gasteiger partial charge is 0.257 e. The van der Waals surface area contributed by atoms with Crippen molar-refractivity contribution in [1.82, 2.24) is 15.0 Å².